The molecule has 0 saturated carbocycles. The quantitative estimate of drug-likeness (QED) is 0.451. The summed E-state index contributed by atoms with van der Waals surface area (Å²) in [4.78, 5) is 24.6. The lowest BCUT2D eigenvalue weighted by Gasteiger charge is -2.09. The molecule has 0 saturated heterocycles. The molecule has 2 heterocycles. The summed E-state index contributed by atoms with van der Waals surface area (Å²) in [6.07, 6.45) is 2.77. The van der Waals surface area contributed by atoms with Crippen molar-refractivity contribution in [1.29, 1.82) is 0 Å². The first-order valence-electron chi connectivity index (χ1n) is 8.60. The highest BCUT2D eigenvalue weighted by Gasteiger charge is 2.13. The smallest absolute Gasteiger partial charge is 0.247 e. The molecule has 2 aromatic heterocycles. The molecule has 29 heavy (non-hydrogen) atoms. The Morgan fingerprint density at radius 3 is 2.69 bits per heavy atom. The number of rotatable bonds is 5. The minimum atomic E-state index is -0.340. The predicted molar refractivity (Wildman–Crippen MR) is 110 cm³/mol. The van der Waals surface area contributed by atoms with Crippen molar-refractivity contribution in [2.75, 3.05) is 16.4 Å². The van der Waals surface area contributed by atoms with Crippen molar-refractivity contribution in [3.05, 3.63) is 73.3 Å². The van der Waals surface area contributed by atoms with Gasteiger partial charge in [-0.25, -0.2) is 9.37 Å². The number of carbonyl (C=O) groups is 1. The lowest BCUT2D eigenvalue weighted by atomic mass is 10.2. The summed E-state index contributed by atoms with van der Waals surface area (Å²) >= 11 is 0. The van der Waals surface area contributed by atoms with Gasteiger partial charge in [-0.3, -0.25) is 9.36 Å². The lowest BCUT2D eigenvalue weighted by molar-refractivity contribution is -0.111. The summed E-state index contributed by atoms with van der Waals surface area (Å²) in [6.45, 7) is 3.44. The van der Waals surface area contributed by atoms with Crippen molar-refractivity contribution < 1.29 is 9.18 Å². The fraction of sp³-hybridized carbons (Fsp3) is 0. The van der Waals surface area contributed by atoms with Crippen molar-refractivity contribution in [1.82, 2.24) is 19.5 Å². The Morgan fingerprint density at radius 2 is 1.93 bits per heavy atom. The molecule has 1 amide bonds. The molecule has 0 fully saturated rings. The van der Waals surface area contributed by atoms with Crippen molar-refractivity contribution in [2.45, 2.75) is 0 Å². The molecule has 9 heteroatoms. The molecule has 2 aromatic carbocycles. The third-order valence-electron chi connectivity index (χ3n) is 4.10. The summed E-state index contributed by atoms with van der Waals surface area (Å²) in [5.41, 5.74) is 8.90. The summed E-state index contributed by atoms with van der Waals surface area (Å²) in [6, 6.07) is 13.0. The minimum Gasteiger partial charge on any atom is -0.382 e. The van der Waals surface area contributed by atoms with Gasteiger partial charge in [0.05, 0.1) is 5.69 Å². The van der Waals surface area contributed by atoms with Gasteiger partial charge in [0.1, 0.15) is 12.1 Å². The van der Waals surface area contributed by atoms with Gasteiger partial charge in [0.2, 0.25) is 11.9 Å². The molecule has 0 spiro atoms. The molecule has 4 aromatic rings. The molecule has 0 bridgehead atoms. The molecule has 0 aliphatic carbocycles. The number of aromatic nitrogens is 4. The Balaban J connectivity index is 1.73. The maximum atomic E-state index is 13.1. The molecule has 144 valence electrons. The van der Waals surface area contributed by atoms with E-state index in [1.807, 2.05) is 6.07 Å². The van der Waals surface area contributed by atoms with Crippen molar-refractivity contribution in [2.24, 2.45) is 0 Å². The largest absolute Gasteiger partial charge is 0.382 e. The van der Waals surface area contributed by atoms with Crippen molar-refractivity contribution in [3.8, 4) is 5.69 Å². The predicted octanol–water partition coefficient (Wildman–Crippen LogP) is 3.40. The number of anilines is 4. The van der Waals surface area contributed by atoms with Gasteiger partial charge in [0, 0.05) is 11.4 Å². The van der Waals surface area contributed by atoms with Gasteiger partial charge >= 0.3 is 0 Å². The first-order valence-corrected chi connectivity index (χ1v) is 8.60. The van der Waals surface area contributed by atoms with Gasteiger partial charge in [-0.1, -0.05) is 12.6 Å². The van der Waals surface area contributed by atoms with E-state index in [0.29, 0.717) is 22.5 Å². The molecular weight excluding hydrogens is 373 g/mol. The van der Waals surface area contributed by atoms with Crippen LogP contribution in [-0.4, -0.2) is 25.4 Å². The van der Waals surface area contributed by atoms with Gasteiger partial charge in [-0.05, 0) is 48.5 Å². The van der Waals surface area contributed by atoms with Gasteiger partial charge in [0.25, 0.3) is 0 Å². The SMILES string of the molecule is C=CC(=O)Nc1cccc(-n2cnc3c(N)nc(Nc4ccc(F)cc4)nc32)c1. The monoisotopic (exact) mass is 389 g/mol. The zero-order valence-corrected chi connectivity index (χ0v) is 15.1. The number of carbonyl (C=O) groups excluding carboxylic acids is 1. The van der Waals surface area contributed by atoms with Gasteiger partial charge in [0.15, 0.2) is 17.0 Å². The number of halogens is 1. The third-order valence-corrected chi connectivity index (χ3v) is 4.10. The molecule has 0 atom stereocenters. The average Bonchev–Trinajstić information content (AvgIpc) is 3.14. The van der Waals surface area contributed by atoms with Crippen LogP contribution in [0.1, 0.15) is 0 Å². The Kier molecular flexibility index (Phi) is 4.62. The average molecular weight is 389 g/mol. The molecule has 4 N–H and O–H groups in total. The minimum absolute atomic E-state index is 0.203. The second kappa shape index (κ2) is 7.39. The highest BCUT2D eigenvalue weighted by atomic mass is 19.1. The standard InChI is InChI=1S/C20H16FN7O/c1-2-16(29)24-14-4-3-5-15(10-14)28-11-23-17-18(22)26-20(27-19(17)28)25-13-8-6-12(21)7-9-13/h2-11H,1H2,(H,24,29)(H3,22,25,26,27). The van der Waals surface area contributed by atoms with E-state index in [-0.39, 0.29) is 23.5 Å². The first kappa shape index (κ1) is 18.1. The van der Waals surface area contributed by atoms with Crippen LogP contribution < -0.4 is 16.4 Å². The van der Waals surface area contributed by atoms with E-state index in [4.69, 9.17) is 5.73 Å². The van der Waals surface area contributed by atoms with E-state index in [1.165, 1.54) is 18.2 Å². The molecule has 0 radical (unpaired) electrons. The van der Waals surface area contributed by atoms with Gasteiger partial charge < -0.3 is 16.4 Å². The van der Waals surface area contributed by atoms with E-state index in [2.05, 4.69) is 32.2 Å². The Hall–Kier alpha value is -4.27. The highest BCUT2D eigenvalue weighted by Crippen LogP contribution is 2.24. The molecular formula is C20H16FN7O. The van der Waals surface area contributed by atoms with E-state index in [0.717, 1.165) is 5.69 Å². The van der Waals surface area contributed by atoms with Crippen LogP contribution in [0, 0.1) is 5.82 Å². The summed E-state index contributed by atoms with van der Waals surface area (Å²) in [5.74, 6) is -0.197. The maximum Gasteiger partial charge on any atom is 0.247 e. The van der Waals surface area contributed by atoms with E-state index >= 15 is 0 Å². The van der Waals surface area contributed by atoms with Crippen LogP contribution in [0.15, 0.2) is 67.5 Å². The molecule has 0 aliphatic heterocycles. The van der Waals surface area contributed by atoms with Crippen LogP contribution in [0.2, 0.25) is 0 Å². The number of amides is 1. The molecule has 0 aliphatic rings. The van der Waals surface area contributed by atoms with E-state index < -0.39 is 0 Å². The summed E-state index contributed by atoms with van der Waals surface area (Å²) in [7, 11) is 0. The molecule has 8 nitrogen and oxygen atoms in total. The van der Waals surface area contributed by atoms with Crippen LogP contribution in [0.4, 0.5) is 27.5 Å². The summed E-state index contributed by atoms with van der Waals surface area (Å²) < 4.78 is 14.8. The van der Waals surface area contributed by atoms with Crippen LogP contribution >= 0.6 is 0 Å². The number of nitrogen functional groups attached to an aromatic ring is 1. The fourth-order valence-corrected chi connectivity index (χ4v) is 2.76. The van der Waals surface area contributed by atoms with Crippen LogP contribution in [0.25, 0.3) is 16.9 Å². The number of fused-ring (bicyclic) bond motifs is 1. The topological polar surface area (TPSA) is 111 Å². The number of hydrogen-bond acceptors (Lipinski definition) is 6. The van der Waals surface area contributed by atoms with Gasteiger partial charge in [-0.15, -0.1) is 0 Å². The fourth-order valence-electron chi connectivity index (χ4n) is 2.76. The normalized spacial score (nSPS) is 10.7. The Bertz CT molecular complexity index is 1220. The lowest BCUT2D eigenvalue weighted by Crippen LogP contribution is -2.07. The second-order valence-corrected chi connectivity index (χ2v) is 6.09. The van der Waals surface area contributed by atoms with Crippen molar-refractivity contribution in [3.63, 3.8) is 0 Å². The number of benzene rings is 2. The number of hydrogen-bond donors (Lipinski definition) is 3. The molecule has 4 rings (SSSR count). The number of nitrogens with one attached hydrogen (secondary N) is 2. The first-order chi connectivity index (χ1) is 14.0. The number of imidazole rings is 1. The highest BCUT2D eigenvalue weighted by molar-refractivity contribution is 5.99. The van der Waals surface area contributed by atoms with Gasteiger partial charge in [-0.2, -0.15) is 9.97 Å². The molecule has 0 unspecified atom stereocenters. The van der Waals surface area contributed by atoms with Crippen LogP contribution in [0.5, 0.6) is 0 Å². The zero-order valence-electron chi connectivity index (χ0n) is 15.1. The second-order valence-electron chi connectivity index (χ2n) is 6.09. The van der Waals surface area contributed by atoms with Crippen molar-refractivity contribution >= 4 is 40.2 Å². The Labute approximate surface area is 164 Å². The van der Waals surface area contributed by atoms with E-state index in [9.17, 15) is 9.18 Å². The Morgan fingerprint density at radius 1 is 1.14 bits per heavy atom. The van der Waals surface area contributed by atoms with E-state index in [1.54, 1.807) is 41.2 Å². The number of nitrogens with zero attached hydrogens (tertiary/aromatic N) is 4. The van der Waals surface area contributed by atoms with Crippen LogP contribution in [-0.2, 0) is 4.79 Å². The summed E-state index contributed by atoms with van der Waals surface area (Å²) in [5, 5.41) is 5.71. The number of nitrogens with two attached hydrogens (primary N) is 1. The zero-order chi connectivity index (χ0) is 20.4. The van der Waals surface area contributed by atoms with Crippen LogP contribution in [0.3, 0.4) is 0 Å². The third kappa shape index (κ3) is 3.74. The maximum absolute atomic E-state index is 13.1.